The van der Waals surface area contributed by atoms with Crippen LogP contribution in [0.1, 0.15) is 21.7 Å². The number of carbonyl (C=O) groups is 1. The van der Waals surface area contributed by atoms with Gasteiger partial charge in [0.15, 0.2) is 0 Å². The fourth-order valence-corrected chi connectivity index (χ4v) is 1.42. The zero-order valence-corrected chi connectivity index (χ0v) is 9.40. The highest BCUT2D eigenvalue weighted by Crippen LogP contribution is 2.11. The molecule has 2 rings (SSSR count). The van der Waals surface area contributed by atoms with Gasteiger partial charge in [0.2, 0.25) is 0 Å². The Morgan fingerprint density at radius 2 is 2.35 bits per heavy atom. The molecule has 17 heavy (non-hydrogen) atoms. The zero-order chi connectivity index (χ0) is 12.3. The highest BCUT2D eigenvalue weighted by Gasteiger charge is 2.10. The van der Waals surface area contributed by atoms with Crippen LogP contribution in [0.15, 0.2) is 24.8 Å². The minimum absolute atomic E-state index is 0.246. The fourth-order valence-electron chi connectivity index (χ4n) is 1.42. The fraction of sp³-hybridized carbons (Fsp3) is 0.182. The minimum Gasteiger partial charge on any atom is -0.398 e. The highest BCUT2D eigenvalue weighted by atomic mass is 16.1. The lowest BCUT2D eigenvalue weighted by Gasteiger charge is -2.06. The summed E-state index contributed by atoms with van der Waals surface area (Å²) in [6.45, 7) is 2.20. The van der Waals surface area contributed by atoms with E-state index in [1.165, 1.54) is 6.20 Å². The number of nitrogens with two attached hydrogens (primary N) is 1. The molecule has 6 nitrogen and oxygen atoms in total. The van der Waals surface area contributed by atoms with Gasteiger partial charge in [-0.1, -0.05) is 0 Å². The largest absolute Gasteiger partial charge is 0.398 e. The van der Waals surface area contributed by atoms with Crippen LogP contribution in [0, 0.1) is 6.92 Å². The molecule has 0 saturated carbocycles. The molecule has 2 heterocycles. The van der Waals surface area contributed by atoms with Crippen molar-refractivity contribution in [3.8, 4) is 0 Å². The average molecular weight is 231 g/mol. The first-order valence-electron chi connectivity index (χ1n) is 5.14. The van der Waals surface area contributed by atoms with Crippen LogP contribution in [-0.2, 0) is 6.54 Å². The van der Waals surface area contributed by atoms with E-state index in [0.717, 1.165) is 11.4 Å². The van der Waals surface area contributed by atoms with Crippen molar-refractivity contribution in [2.45, 2.75) is 13.5 Å². The molecule has 0 bridgehead atoms. The molecule has 2 aromatic rings. The Hall–Kier alpha value is -2.37. The van der Waals surface area contributed by atoms with Gasteiger partial charge in [0, 0.05) is 23.8 Å². The van der Waals surface area contributed by atoms with Crippen molar-refractivity contribution >= 4 is 11.6 Å². The van der Waals surface area contributed by atoms with E-state index in [-0.39, 0.29) is 5.91 Å². The lowest BCUT2D eigenvalue weighted by Crippen LogP contribution is -2.24. The maximum atomic E-state index is 11.8. The summed E-state index contributed by atoms with van der Waals surface area (Å²) in [5.74, 6) is -0.246. The summed E-state index contributed by atoms with van der Waals surface area (Å²) >= 11 is 0. The first kappa shape index (κ1) is 11.1. The second-order valence-corrected chi connectivity index (χ2v) is 3.67. The van der Waals surface area contributed by atoms with Crippen LogP contribution in [0.3, 0.4) is 0 Å². The molecule has 0 aliphatic rings. The van der Waals surface area contributed by atoms with Gasteiger partial charge in [0.25, 0.3) is 5.91 Å². The second kappa shape index (κ2) is 4.65. The number of imidazole rings is 1. The minimum atomic E-state index is -0.246. The van der Waals surface area contributed by atoms with Gasteiger partial charge in [-0.05, 0) is 13.0 Å². The molecule has 0 aliphatic heterocycles. The van der Waals surface area contributed by atoms with Gasteiger partial charge in [-0.2, -0.15) is 0 Å². The standard InChI is InChI=1S/C11H13N5O/c1-7-2-10(12)9(5-14-7)11(17)15-4-8-3-13-6-16-8/h2-3,5-6H,4H2,1H3,(H2,12,14)(H,13,16)(H,15,17). The van der Waals surface area contributed by atoms with E-state index in [2.05, 4.69) is 20.3 Å². The Bertz CT molecular complexity index is 521. The molecule has 6 heteroatoms. The van der Waals surface area contributed by atoms with Crippen LogP contribution in [0.2, 0.25) is 0 Å². The number of rotatable bonds is 3. The quantitative estimate of drug-likeness (QED) is 0.721. The molecule has 0 unspecified atom stereocenters. The lowest BCUT2D eigenvalue weighted by atomic mass is 10.2. The Balaban J connectivity index is 2.04. The highest BCUT2D eigenvalue weighted by molar-refractivity contribution is 5.98. The van der Waals surface area contributed by atoms with Crippen molar-refractivity contribution in [2.75, 3.05) is 5.73 Å². The summed E-state index contributed by atoms with van der Waals surface area (Å²) in [7, 11) is 0. The summed E-state index contributed by atoms with van der Waals surface area (Å²) in [5, 5.41) is 2.73. The molecule has 4 N–H and O–H groups in total. The van der Waals surface area contributed by atoms with Gasteiger partial charge >= 0.3 is 0 Å². The van der Waals surface area contributed by atoms with E-state index in [1.54, 1.807) is 18.6 Å². The summed E-state index contributed by atoms with van der Waals surface area (Å²) in [5.41, 5.74) is 8.18. The van der Waals surface area contributed by atoms with Crippen LogP contribution in [0.5, 0.6) is 0 Å². The van der Waals surface area contributed by atoms with Crippen LogP contribution in [0.25, 0.3) is 0 Å². The van der Waals surface area contributed by atoms with Crippen LogP contribution < -0.4 is 11.1 Å². The smallest absolute Gasteiger partial charge is 0.255 e. The first-order valence-corrected chi connectivity index (χ1v) is 5.14. The average Bonchev–Trinajstić information content (AvgIpc) is 2.78. The third-order valence-corrected chi connectivity index (χ3v) is 2.31. The van der Waals surface area contributed by atoms with E-state index in [9.17, 15) is 4.79 Å². The van der Waals surface area contributed by atoms with Crippen LogP contribution in [0.4, 0.5) is 5.69 Å². The molecule has 0 aliphatic carbocycles. The number of hydrogen-bond donors (Lipinski definition) is 3. The van der Waals surface area contributed by atoms with Crippen molar-refractivity contribution in [1.29, 1.82) is 0 Å². The molecule has 0 fully saturated rings. The monoisotopic (exact) mass is 231 g/mol. The molecule has 0 atom stereocenters. The number of nitrogens with one attached hydrogen (secondary N) is 2. The third-order valence-electron chi connectivity index (χ3n) is 2.31. The normalized spacial score (nSPS) is 10.2. The predicted octanol–water partition coefficient (Wildman–Crippen LogP) is 0.625. The SMILES string of the molecule is Cc1cc(N)c(C(=O)NCc2cnc[nH]2)cn1. The zero-order valence-electron chi connectivity index (χ0n) is 9.40. The predicted molar refractivity (Wildman–Crippen MR) is 63.1 cm³/mol. The molecule has 1 amide bonds. The van der Waals surface area contributed by atoms with Crippen molar-refractivity contribution < 1.29 is 4.79 Å². The number of aryl methyl sites for hydroxylation is 1. The van der Waals surface area contributed by atoms with E-state index < -0.39 is 0 Å². The molecule has 0 radical (unpaired) electrons. The lowest BCUT2D eigenvalue weighted by molar-refractivity contribution is 0.0951. The van der Waals surface area contributed by atoms with Crippen molar-refractivity contribution in [3.63, 3.8) is 0 Å². The Morgan fingerprint density at radius 3 is 3.00 bits per heavy atom. The maximum absolute atomic E-state index is 11.8. The number of pyridine rings is 1. The van der Waals surface area contributed by atoms with Crippen molar-refractivity contribution in [2.24, 2.45) is 0 Å². The maximum Gasteiger partial charge on any atom is 0.255 e. The first-order chi connectivity index (χ1) is 8.16. The van der Waals surface area contributed by atoms with Crippen LogP contribution in [-0.4, -0.2) is 20.9 Å². The van der Waals surface area contributed by atoms with E-state index in [0.29, 0.717) is 17.8 Å². The van der Waals surface area contributed by atoms with E-state index in [4.69, 9.17) is 5.73 Å². The van der Waals surface area contributed by atoms with Gasteiger partial charge in [0.1, 0.15) is 0 Å². The Kier molecular flexibility index (Phi) is 3.04. The molecular weight excluding hydrogens is 218 g/mol. The molecular formula is C11H13N5O. The van der Waals surface area contributed by atoms with E-state index in [1.807, 2.05) is 6.92 Å². The van der Waals surface area contributed by atoms with Crippen LogP contribution >= 0.6 is 0 Å². The topological polar surface area (TPSA) is 96.7 Å². The number of H-pyrrole nitrogens is 1. The molecule has 2 aromatic heterocycles. The molecule has 0 aromatic carbocycles. The summed E-state index contributed by atoms with van der Waals surface area (Å²) < 4.78 is 0. The Morgan fingerprint density at radius 1 is 1.53 bits per heavy atom. The summed E-state index contributed by atoms with van der Waals surface area (Å²) in [6, 6.07) is 1.67. The number of aromatic amines is 1. The third kappa shape index (κ3) is 2.60. The molecule has 0 saturated heterocycles. The number of hydrogen-bond acceptors (Lipinski definition) is 4. The second-order valence-electron chi connectivity index (χ2n) is 3.67. The summed E-state index contributed by atoms with van der Waals surface area (Å²) in [6.07, 6.45) is 4.69. The van der Waals surface area contributed by atoms with Crippen molar-refractivity contribution in [1.82, 2.24) is 20.3 Å². The van der Waals surface area contributed by atoms with Gasteiger partial charge in [0.05, 0.1) is 24.1 Å². The van der Waals surface area contributed by atoms with E-state index >= 15 is 0 Å². The number of aromatic nitrogens is 3. The van der Waals surface area contributed by atoms with Crippen molar-refractivity contribution in [3.05, 3.63) is 41.7 Å². The molecule has 88 valence electrons. The van der Waals surface area contributed by atoms with Gasteiger partial charge < -0.3 is 16.0 Å². The number of nitrogen functional groups attached to an aromatic ring is 1. The van der Waals surface area contributed by atoms with Gasteiger partial charge in [-0.15, -0.1) is 0 Å². The number of anilines is 1. The Labute approximate surface area is 98.3 Å². The number of amides is 1. The van der Waals surface area contributed by atoms with Gasteiger partial charge in [-0.25, -0.2) is 4.98 Å². The number of nitrogens with zero attached hydrogens (tertiary/aromatic N) is 2. The molecule has 0 spiro atoms. The number of carbonyl (C=O) groups excluding carboxylic acids is 1. The summed E-state index contributed by atoms with van der Waals surface area (Å²) in [4.78, 5) is 22.6. The van der Waals surface area contributed by atoms with Gasteiger partial charge in [-0.3, -0.25) is 9.78 Å².